The fourth-order valence-corrected chi connectivity index (χ4v) is 6.28. The number of carbonyl (C=O) groups is 2. The predicted molar refractivity (Wildman–Crippen MR) is 138 cm³/mol. The lowest BCUT2D eigenvalue weighted by molar-refractivity contribution is -0.130. The maximum absolute atomic E-state index is 13.5. The Morgan fingerprint density at radius 2 is 1.61 bits per heavy atom. The van der Waals surface area contributed by atoms with Gasteiger partial charge < -0.3 is 9.47 Å². The minimum atomic E-state index is -0.499. The zero-order chi connectivity index (χ0) is 26.2. The molecular formula is C31H27FN2O4. The second kappa shape index (κ2) is 10.0. The minimum Gasteiger partial charge on any atom is -0.448 e. The van der Waals surface area contributed by atoms with Crippen molar-refractivity contribution in [3.05, 3.63) is 94.8 Å². The molecule has 192 valence electrons. The van der Waals surface area contributed by atoms with E-state index in [4.69, 9.17) is 9.47 Å². The fraction of sp³-hybridized carbons (Fsp3) is 0.323. The zero-order valence-corrected chi connectivity index (χ0v) is 20.8. The molecule has 0 spiro atoms. The third-order valence-electron chi connectivity index (χ3n) is 8.08. The number of nitrogens with zero attached hydrogens (tertiary/aromatic N) is 2. The van der Waals surface area contributed by atoms with Gasteiger partial charge in [-0.1, -0.05) is 54.6 Å². The number of benzene rings is 3. The van der Waals surface area contributed by atoms with E-state index in [0.717, 1.165) is 17.2 Å². The summed E-state index contributed by atoms with van der Waals surface area (Å²) in [5.41, 5.74) is 5.37. The van der Waals surface area contributed by atoms with Crippen molar-refractivity contribution in [1.29, 1.82) is 5.26 Å². The predicted octanol–water partition coefficient (Wildman–Crippen LogP) is 5.24. The molecule has 2 unspecified atom stereocenters. The van der Waals surface area contributed by atoms with Gasteiger partial charge in [0.25, 0.3) is 0 Å². The van der Waals surface area contributed by atoms with Crippen molar-refractivity contribution >= 4 is 11.9 Å². The van der Waals surface area contributed by atoms with Gasteiger partial charge >= 0.3 is 6.09 Å². The number of hydrogen-bond donors (Lipinski definition) is 0. The van der Waals surface area contributed by atoms with E-state index < -0.39 is 5.82 Å². The van der Waals surface area contributed by atoms with Crippen LogP contribution >= 0.6 is 0 Å². The van der Waals surface area contributed by atoms with E-state index in [2.05, 4.69) is 24.3 Å². The number of Topliss-reactive ketones (excluding diaryl/α,β-unsaturated/α-hetero) is 1. The highest BCUT2D eigenvalue weighted by Gasteiger charge is 2.44. The Morgan fingerprint density at radius 1 is 0.974 bits per heavy atom. The summed E-state index contributed by atoms with van der Waals surface area (Å²) < 4.78 is 25.2. The Bertz CT molecular complexity index is 1390. The van der Waals surface area contributed by atoms with Crippen LogP contribution in [-0.4, -0.2) is 48.7 Å². The number of nitriles is 1. The Hall–Kier alpha value is -4.02. The van der Waals surface area contributed by atoms with Crippen LogP contribution in [0.1, 0.15) is 41.0 Å². The van der Waals surface area contributed by atoms with E-state index in [1.807, 2.05) is 30.3 Å². The number of rotatable bonds is 5. The molecule has 6 nitrogen and oxygen atoms in total. The molecule has 2 aliphatic heterocycles. The molecule has 2 atom stereocenters. The van der Waals surface area contributed by atoms with E-state index in [9.17, 15) is 19.2 Å². The number of ether oxygens (including phenoxy) is 2. The molecule has 3 aromatic rings. The van der Waals surface area contributed by atoms with Crippen molar-refractivity contribution in [2.24, 2.45) is 5.92 Å². The highest BCUT2D eigenvalue weighted by Crippen LogP contribution is 2.44. The van der Waals surface area contributed by atoms with Gasteiger partial charge in [-0.3, -0.25) is 9.69 Å². The Balaban J connectivity index is 1.13. The van der Waals surface area contributed by atoms with Crippen molar-refractivity contribution in [2.75, 3.05) is 19.8 Å². The topological polar surface area (TPSA) is 79.6 Å². The molecule has 0 N–H and O–H groups in total. The van der Waals surface area contributed by atoms with Gasteiger partial charge in [0.05, 0.1) is 36.9 Å². The summed E-state index contributed by atoms with van der Waals surface area (Å²) in [5.74, 6) is -0.784. The number of amides is 1. The molecule has 0 aromatic heterocycles. The summed E-state index contributed by atoms with van der Waals surface area (Å²) in [5, 5.41) is 9.33. The van der Waals surface area contributed by atoms with Gasteiger partial charge in [0, 0.05) is 18.3 Å². The molecule has 3 aromatic carbocycles. The molecule has 0 saturated carbocycles. The molecule has 2 fully saturated rings. The molecule has 7 heteroatoms. The number of morpholine rings is 1. The summed E-state index contributed by atoms with van der Waals surface area (Å²) in [7, 11) is 0. The van der Waals surface area contributed by atoms with Crippen LogP contribution in [0.25, 0.3) is 11.1 Å². The van der Waals surface area contributed by atoms with Gasteiger partial charge in [-0.25, -0.2) is 9.18 Å². The lowest BCUT2D eigenvalue weighted by Gasteiger charge is -2.47. The number of halogens is 1. The smallest absolute Gasteiger partial charge is 0.410 e. The summed E-state index contributed by atoms with van der Waals surface area (Å²) in [6.07, 6.45) is 0.644. The fourth-order valence-electron chi connectivity index (χ4n) is 6.28. The standard InChI is InChI=1S/C31H27FN2O4/c32-22-10-9-19(21(11-22)15-33)14-30(35)20-12-23-16-37-17-24(13-20)34(23)31(36)38-18-29-27-7-3-1-5-25(27)26-6-2-4-8-28(26)29/h1-11,20,23-24,29H,12-14,16-18H2. The SMILES string of the molecule is N#Cc1cc(F)ccc1CC(=O)C1CC2COCC(C1)N2C(=O)OCC1c2ccccc2-c2ccccc21. The van der Waals surface area contributed by atoms with E-state index in [1.54, 1.807) is 4.90 Å². The number of hydrogen-bond acceptors (Lipinski definition) is 5. The molecule has 38 heavy (non-hydrogen) atoms. The van der Waals surface area contributed by atoms with E-state index in [1.165, 1.54) is 23.3 Å². The second-order valence-corrected chi connectivity index (χ2v) is 10.3. The third kappa shape index (κ3) is 4.35. The molecule has 2 heterocycles. The average molecular weight is 511 g/mol. The van der Waals surface area contributed by atoms with Crippen LogP contribution < -0.4 is 0 Å². The number of ketones is 1. The maximum atomic E-state index is 13.5. The Morgan fingerprint density at radius 3 is 2.24 bits per heavy atom. The van der Waals surface area contributed by atoms with Crippen LogP contribution in [0.2, 0.25) is 0 Å². The summed E-state index contributed by atoms with van der Waals surface area (Å²) in [6, 6.07) is 21.8. The highest BCUT2D eigenvalue weighted by molar-refractivity contribution is 5.84. The average Bonchev–Trinajstić information content (AvgIpc) is 3.25. The highest BCUT2D eigenvalue weighted by atomic mass is 19.1. The Kier molecular flexibility index (Phi) is 6.42. The maximum Gasteiger partial charge on any atom is 0.410 e. The largest absolute Gasteiger partial charge is 0.448 e. The molecule has 6 rings (SSSR count). The molecule has 1 amide bonds. The second-order valence-electron chi connectivity index (χ2n) is 10.3. The number of fused-ring (bicyclic) bond motifs is 5. The van der Waals surface area contributed by atoms with Crippen molar-refractivity contribution in [2.45, 2.75) is 37.3 Å². The lowest BCUT2D eigenvalue weighted by Crippen LogP contribution is -2.60. The third-order valence-corrected chi connectivity index (χ3v) is 8.08. The quantitative estimate of drug-likeness (QED) is 0.469. The lowest BCUT2D eigenvalue weighted by atomic mass is 9.81. The van der Waals surface area contributed by atoms with Crippen molar-refractivity contribution in [3.63, 3.8) is 0 Å². The molecule has 2 saturated heterocycles. The first-order valence-corrected chi connectivity index (χ1v) is 13.0. The first-order chi connectivity index (χ1) is 18.5. The zero-order valence-electron chi connectivity index (χ0n) is 20.8. The van der Waals surface area contributed by atoms with Gasteiger partial charge in [0.2, 0.25) is 0 Å². The van der Waals surface area contributed by atoms with E-state index in [0.29, 0.717) is 31.6 Å². The molecule has 0 radical (unpaired) electrons. The summed E-state index contributed by atoms with van der Waals surface area (Å²) in [4.78, 5) is 28.3. The molecular weight excluding hydrogens is 483 g/mol. The van der Waals surface area contributed by atoms with Gasteiger partial charge in [-0.05, 0) is 52.8 Å². The van der Waals surface area contributed by atoms with E-state index >= 15 is 0 Å². The minimum absolute atomic E-state index is 0.00260. The van der Waals surface area contributed by atoms with Gasteiger partial charge in [-0.15, -0.1) is 0 Å². The van der Waals surface area contributed by atoms with Gasteiger partial charge in [0.1, 0.15) is 18.2 Å². The van der Waals surface area contributed by atoms with E-state index in [-0.39, 0.29) is 54.4 Å². The van der Waals surface area contributed by atoms with Crippen molar-refractivity contribution in [1.82, 2.24) is 4.90 Å². The van der Waals surface area contributed by atoms with Crippen LogP contribution in [0.4, 0.5) is 9.18 Å². The number of piperidine rings is 1. The van der Waals surface area contributed by atoms with Crippen molar-refractivity contribution in [3.8, 4) is 17.2 Å². The number of carbonyl (C=O) groups excluding carboxylic acids is 2. The molecule has 1 aliphatic carbocycles. The van der Waals surface area contributed by atoms with Crippen LogP contribution in [0.3, 0.4) is 0 Å². The van der Waals surface area contributed by atoms with Crippen LogP contribution in [-0.2, 0) is 20.7 Å². The Labute approximate surface area is 220 Å². The van der Waals surface area contributed by atoms with Crippen LogP contribution in [0.5, 0.6) is 0 Å². The first-order valence-electron chi connectivity index (χ1n) is 13.0. The summed E-state index contributed by atoms with van der Waals surface area (Å²) >= 11 is 0. The normalized spacial score (nSPS) is 21.8. The van der Waals surface area contributed by atoms with Gasteiger partial charge in [0.15, 0.2) is 0 Å². The molecule has 2 bridgehead atoms. The molecule has 3 aliphatic rings. The van der Waals surface area contributed by atoms with Crippen molar-refractivity contribution < 1.29 is 23.5 Å². The van der Waals surface area contributed by atoms with Crippen LogP contribution in [0, 0.1) is 23.1 Å². The monoisotopic (exact) mass is 510 g/mol. The van der Waals surface area contributed by atoms with Gasteiger partial charge in [-0.2, -0.15) is 5.26 Å². The summed E-state index contributed by atoms with van der Waals surface area (Å²) in [6.45, 7) is 0.947. The van der Waals surface area contributed by atoms with Crippen LogP contribution in [0.15, 0.2) is 66.7 Å². The first kappa shape index (κ1) is 24.3.